The van der Waals surface area contributed by atoms with Gasteiger partial charge in [-0.15, -0.1) is 0 Å². The van der Waals surface area contributed by atoms with Crippen LogP contribution in [0.25, 0.3) is 11.1 Å². The number of hydrogen-bond acceptors (Lipinski definition) is 2. The van der Waals surface area contributed by atoms with E-state index in [-0.39, 0.29) is 11.8 Å². The summed E-state index contributed by atoms with van der Waals surface area (Å²) in [6.45, 7) is 0.640. The highest BCUT2D eigenvalue weighted by Gasteiger charge is 2.44. The molecule has 2 aliphatic rings. The number of carbonyl (C=O) groups excluding carboxylic acids is 1. The minimum atomic E-state index is -0.850. The van der Waals surface area contributed by atoms with Crippen molar-refractivity contribution >= 4 is 17.6 Å². The van der Waals surface area contributed by atoms with Gasteiger partial charge in [0.25, 0.3) is 0 Å². The first-order valence-corrected chi connectivity index (χ1v) is 8.38. The molecule has 1 heterocycles. The SMILES string of the molecule is O=C(O)C1CCC1C(=O)N1CCc2c(-c3ccccc3)cccc21. The van der Waals surface area contributed by atoms with Gasteiger partial charge in [-0.05, 0) is 42.0 Å². The van der Waals surface area contributed by atoms with Gasteiger partial charge in [0.1, 0.15) is 0 Å². The monoisotopic (exact) mass is 321 g/mol. The first-order chi connectivity index (χ1) is 11.7. The van der Waals surface area contributed by atoms with Crippen LogP contribution < -0.4 is 4.90 Å². The van der Waals surface area contributed by atoms with Gasteiger partial charge >= 0.3 is 5.97 Å². The molecule has 2 atom stereocenters. The van der Waals surface area contributed by atoms with Crippen molar-refractivity contribution in [1.29, 1.82) is 0 Å². The van der Waals surface area contributed by atoms with Gasteiger partial charge in [-0.1, -0.05) is 42.5 Å². The molecular formula is C20H19NO3. The summed E-state index contributed by atoms with van der Waals surface area (Å²) in [5.41, 5.74) is 4.43. The van der Waals surface area contributed by atoms with E-state index in [4.69, 9.17) is 0 Å². The van der Waals surface area contributed by atoms with Gasteiger partial charge in [-0.25, -0.2) is 0 Å². The van der Waals surface area contributed by atoms with E-state index < -0.39 is 11.9 Å². The van der Waals surface area contributed by atoms with Crippen LogP contribution >= 0.6 is 0 Å². The molecule has 0 aromatic heterocycles. The van der Waals surface area contributed by atoms with Crippen LogP contribution in [0.3, 0.4) is 0 Å². The Balaban J connectivity index is 1.66. The lowest BCUT2D eigenvalue weighted by molar-refractivity contribution is -0.151. The standard InChI is InChI=1S/C20H19NO3/c22-19(16-9-10-17(16)20(23)24)21-12-11-15-14(7-4-8-18(15)21)13-5-2-1-3-6-13/h1-8,16-17H,9-12H2,(H,23,24). The van der Waals surface area contributed by atoms with Crippen LogP contribution in [-0.2, 0) is 16.0 Å². The Labute approximate surface area is 140 Å². The van der Waals surface area contributed by atoms with Crippen molar-refractivity contribution in [2.24, 2.45) is 11.8 Å². The van der Waals surface area contributed by atoms with Crippen LogP contribution in [0.5, 0.6) is 0 Å². The third-order valence-electron chi connectivity index (χ3n) is 5.29. The Morgan fingerprint density at radius 1 is 0.958 bits per heavy atom. The predicted molar refractivity (Wildman–Crippen MR) is 91.8 cm³/mol. The molecule has 1 aliphatic carbocycles. The first kappa shape index (κ1) is 14.9. The lowest BCUT2D eigenvalue weighted by Gasteiger charge is -2.35. The van der Waals surface area contributed by atoms with E-state index in [1.54, 1.807) is 4.90 Å². The Bertz CT molecular complexity index is 800. The average molecular weight is 321 g/mol. The zero-order valence-electron chi connectivity index (χ0n) is 13.3. The van der Waals surface area contributed by atoms with Crippen molar-refractivity contribution in [2.75, 3.05) is 11.4 Å². The van der Waals surface area contributed by atoms with E-state index in [2.05, 4.69) is 18.2 Å². The second-order valence-electron chi connectivity index (χ2n) is 6.54. The molecule has 0 spiro atoms. The number of rotatable bonds is 3. The molecular weight excluding hydrogens is 302 g/mol. The molecule has 1 amide bonds. The lowest BCUT2D eigenvalue weighted by Crippen LogP contribution is -2.45. The Morgan fingerprint density at radius 3 is 2.38 bits per heavy atom. The smallest absolute Gasteiger partial charge is 0.307 e. The summed E-state index contributed by atoms with van der Waals surface area (Å²) in [5, 5.41) is 9.21. The quantitative estimate of drug-likeness (QED) is 0.943. The number of fused-ring (bicyclic) bond motifs is 1. The molecule has 0 radical (unpaired) electrons. The van der Waals surface area contributed by atoms with Gasteiger partial charge < -0.3 is 10.0 Å². The first-order valence-electron chi connectivity index (χ1n) is 8.38. The summed E-state index contributed by atoms with van der Waals surface area (Å²) in [6, 6.07) is 16.2. The molecule has 2 aromatic carbocycles. The van der Waals surface area contributed by atoms with E-state index in [9.17, 15) is 14.7 Å². The molecule has 1 saturated carbocycles. The third kappa shape index (κ3) is 2.30. The van der Waals surface area contributed by atoms with Crippen molar-refractivity contribution in [2.45, 2.75) is 19.3 Å². The highest BCUT2D eigenvalue weighted by molar-refractivity contribution is 6.00. The highest BCUT2D eigenvalue weighted by atomic mass is 16.4. The summed E-state index contributed by atoms with van der Waals surface area (Å²) in [5.74, 6) is -1.76. The number of amides is 1. The minimum absolute atomic E-state index is 0.0300. The van der Waals surface area contributed by atoms with Crippen LogP contribution in [-0.4, -0.2) is 23.5 Å². The fourth-order valence-corrected chi connectivity index (χ4v) is 3.84. The van der Waals surface area contributed by atoms with Crippen molar-refractivity contribution in [3.8, 4) is 11.1 Å². The van der Waals surface area contributed by atoms with E-state index in [0.717, 1.165) is 23.2 Å². The van der Waals surface area contributed by atoms with Crippen molar-refractivity contribution < 1.29 is 14.7 Å². The summed E-state index contributed by atoms with van der Waals surface area (Å²) < 4.78 is 0. The molecule has 24 heavy (non-hydrogen) atoms. The van der Waals surface area contributed by atoms with Crippen LogP contribution in [0.2, 0.25) is 0 Å². The number of carbonyl (C=O) groups is 2. The predicted octanol–water partition coefficient (Wildman–Crippen LogP) is 3.35. The average Bonchev–Trinajstić information content (AvgIpc) is 2.98. The van der Waals surface area contributed by atoms with Gasteiger partial charge in [-0.3, -0.25) is 9.59 Å². The number of hydrogen-bond donors (Lipinski definition) is 1. The maximum Gasteiger partial charge on any atom is 0.307 e. The number of nitrogens with zero attached hydrogens (tertiary/aromatic N) is 1. The minimum Gasteiger partial charge on any atom is -0.481 e. The van der Waals surface area contributed by atoms with Gasteiger partial charge in [0.2, 0.25) is 5.91 Å². The van der Waals surface area contributed by atoms with Crippen molar-refractivity contribution in [3.05, 3.63) is 54.1 Å². The molecule has 1 fully saturated rings. The molecule has 4 heteroatoms. The molecule has 0 saturated heterocycles. The lowest BCUT2D eigenvalue weighted by atomic mass is 9.73. The van der Waals surface area contributed by atoms with Crippen LogP contribution in [0.1, 0.15) is 18.4 Å². The summed E-state index contributed by atoms with van der Waals surface area (Å²) >= 11 is 0. The number of aliphatic carboxylic acids is 1. The van der Waals surface area contributed by atoms with E-state index in [1.807, 2.05) is 30.3 Å². The largest absolute Gasteiger partial charge is 0.481 e. The van der Waals surface area contributed by atoms with Crippen LogP contribution in [0.15, 0.2) is 48.5 Å². The summed E-state index contributed by atoms with van der Waals surface area (Å²) in [6.07, 6.45) is 2.10. The highest BCUT2D eigenvalue weighted by Crippen LogP contribution is 2.41. The number of anilines is 1. The van der Waals surface area contributed by atoms with Crippen LogP contribution in [0, 0.1) is 11.8 Å². The molecule has 1 N–H and O–H groups in total. The van der Waals surface area contributed by atoms with E-state index >= 15 is 0 Å². The Kier molecular flexibility index (Phi) is 3.60. The number of benzene rings is 2. The zero-order valence-corrected chi connectivity index (χ0v) is 13.3. The van der Waals surface area contributed by atoms with Crippen molar-refractivity contribution in [3.63, 3.8) is 0 Å². The molecule has 122 valence electrons. The van der Waals surface area contributed by atoms with Crippen molar-refractivity contribution in [1.82, 2.24) is 0 Å². The van der Waals surface area contributed by atoms with Gasteiger partial charge in [0, 0.05) is 12.2 Å². The molecule has 4 nitrogen and oxygen atoms in total. The Hall–Kier alpha value is -2.62. The second-order valence-corrected chi connectivity index (χ2v) is 6.54. The molecule has 0 bridgehead atoms. The molecule has 1 aliphatic heterocycles. The topological polar surface area (TPSA) is 57.6 Å². The molecule has 2 unspecified atom stereocenters. The molecule has 4 rings (SSSR count). The number of carboxylic acid groups (broad SMARTS) is 1. The number of carboxylic acids is 1. The maximum atomic E-state index is 12.8. The maximum absolute atomic E-state index is 12.8. The molecule has 2 aromatic rings. The van der Waals surface area contributed by atoms with Gasteiger partial charge in [-0.2, -0.15) is 0 Å². The van der Waals surface area contributed by atoms with Gasteiger partial charge in [0.05, 0.1) is 11.8 Å². The van der Waals surface area contributed by atoms with E-state index in [0.29, 0.717) is 19.4 Å². The fourth-order valence-electron chi connectivity index (χ4n) is 3.84. The van der Waals surface area contributed by atoms with Crippen LogP contribution in [0.4, 0.5) is 5.69 Å². The van der Waals surface area contributed by atoms with Gasteiger partial charge in [0.15, 0.2) is 0 Å². The third-order valence-corrected chi connectivity index (χ3v) is 5.29. The fraction of sp³-hybridized carbons (Fsp3) is 0.300. The van der Waals surface area contributed by atoms with E-state index in [1.165, 1.54) is 5.56 Å². The normalized spacial score (nSPS) is 21.9. The zero-order chi connectivity index (χ0) is 16.7. The second kappa shape index (κ2) is 5.78. The summed E-state index contributed by atoms with van der Waals surface area (Å²) in [7, 11) is 0. The Morgan fingerprint density at radius 2 is 1.71 bits per heavy atom. The summed E-state index contributed by atoms with van der Waals surface area (Å²) in [4.78, 5) is 25.8.